The van der Waals surface area contributed by atoms with Gasteiger partial charge in [0.25, 0.3) is 0 Å². The first-order valence-corrected chi connectivity index (χ1v) is 6.74. The van der Waals surface area contributed by atoms with E-state index in [1.165, 1.54) is 5.56 Å². The number of aryl methyl sites for hydroxylation is 1. The van der Waals surface area contributed by atoms with E-state index in [2.05, 4.69) is 0 Å². The van der Waals surface area contributed by atoms with E-state index in [9.17, 15) is 4.79 Å². The molecular weight excluding hydrogens is 264 g/mol. The molecule has 0 amide bonds. The largest absolute Gasteiger partial charge is 0.463 e. The average molecular weight is 276 g/mol. The number of furan rings is 1. The van der Waals surface area contributed by atoms with Crippen LogP contribution in [0.3, 0.4) is 0 Å². The highest BCUT2D eigenvalue weighted by atomic mass is 16.4. The van der Waals surface area contributed by atoms with Gasteiger partial charge in [0.05, 0.1) is 11.6 Å². The molecule has 0 spiro atoms. The van der Waals surface area contributed by atoms with Crippen molar-refractivity contribution in [2.24, 2.45) is 0 Å². The second-order valence-corrected chi connectivity index (χ2v) is 5.11. The topological polar surface area (TPSA) is 43.4 Å². The molecule has 2 heterocycles. The number of benzene rings is 2. The normalized spacial score (nSPS) is 11.3. The Morgan fingerprint density at radius 2 is 1.71 bits per heavy atom. The van der Waals surface area contributed by atoms with Crippen molar-refractivity contribution in [1.82, 2.24) is 0 Å². The second-order valence-electron chi connectivity index (χ2n) is 5.11. The molecule has 4 rings (SSSR count). The standard InChI is InChI=1S/C18H12O3/c1-11-6-8-12(9-7-11)14-10-20-17-13-4-2-3-5-15(13)21-18(19)16(14)17/h2-10H,1H3. The van der Waals surface area contributed by atoms with Gasteiger partial charge in [0.1, 0.15) is 11.0 Å². The molecule has 0 atom stereocenters. The highest BCUT2D eigenvalue weighted by molar-refractivity contribution is 6.06. The number of fused-ring (bicyclic) bond motifs is 3. The molecule has 2 aromatic heterocycles. The Balaban J connectivity index is 2.11. The summed E-state index contributed by atoms with van der Waals surface area (Å²) in [6.07, 6.45) is 1.62. The summed E-state index contributed by atoms with van der Waals surface area (Å²) >= 11 is 0. The molecule has 0 fully saturated rings. The number of rotatable bonds is 1. The lowest BCUT2D eigenvalue weighted by Gasteiger charge is -2.00. The molecule has 2 aromatic carbocycles. The minimum atomic E-state index is -0.368. The lowest BCUT2D eigenvalue weighted by Crippen LogP contribution is -1.99. The average Bonchev–Trinajstić information content (AvgIpc) is 2.94. The van der Waals surface area contributed by atoms with Gasteiger partial charge in [0.15, 0.2) is 5.58 Å². The van der Waals surface area contributed by atoms with Crippen molar-refractivity contribution < 1.29 is 8.83 Å². The van der Waals surface area contributed by atoms with Crippen molar-refractivity contribution in [3.8, 4) is 11.1 Å². The maximum atomic E-state index is 12.3. The summed E-state index contributed by atoms with van der Waals surface area (Å²) in [5.41, 5.74) is 3.64. The predicted molar refractivity (Wildman–Crippen MR) is 82.4 cm³/mol. The van der Waals surface area contributed by atoms with Crippen LogP contribution in [0.15, 0.2) is 68.4 Å². The molecule has 102 valence electrons. The zero-order valence-corrected chi connectivity index (χ0v) is 11.4. The van der Waals surface area contributed by atoms with Crippen molar-refractivity contribution in [3.05, 3.63) is 70.8 Å². The van der Waals surface area contributed by atoms with Gasteiger partial charge in [-0.3, -0.25) is 0 Å². The minimum absolute atomic E-state index is 0.368. The molecule has 21 heavy (non-hydrogen) atoms. The lowest BCUT2D eigenvalue weighted by atomic mass is 10.0. The van der Waals surface area contributed by atoms with Gasteiger partial charge in [-0.25, -0.2) is 4.79 Å². The van der Waals surface area contributed by atoms with E-state index >= 15 is 0 Å². The van der Waals surface area contributed by atoms with Crippen LogP contribution in [0, 0.1) is 6.92 Å². The van der Waals surface area contributed by atoms with Crippen LogP contribution in [0.4, 0.5) is 0 Å². The molecule has 0 unspecified atom stereocenters. The number of hydrogen-bond donors (Lipinski definition) is 0. The van der Waals surface area contributed by atoms with Gasteiger partial charge in [-0.1, -0.05) is 42.0 Å². The third kappa shape index (κ3) is 1.78. The van der Waals surface area contributed by atoms with Crippen LogP contribution < -0.4 is 5.63 Å². The fourth-order valence-corrected chi connectivity index (χ4v) is 2.60. The van der Waals surface area contributed by atoms with E-state index in [4.69, 9.17) is 8.83 Å². The van der Waals surface area contributed by atoms with Crippen LogP contribution in [0.2, 0.25) is 0 Å². The van der Waals surface area contributed by atoms with Gasteiger partial charge in [0.2, 0.25) is 0 Å². The van der Waals surface area contributed by atoms with E-state index in [0.29, 0.717) is 16.6 Å². The zero-order chi connectivity index (χ0) is 14.4. The lowest BCUT2D eigenvalue weighted by molar-refractivity contribution is 0.564. The summed E-state index contributed by atoms with van der Waals surface area (Å²) in [6.45, 7) is 2.03. The summed E-state index contributed by atoms with van der Waals surface area (Å²) in [4.78, 5) is 12.3. The Morgan fingerprint density at radius 1 is 0.952 bits per heavy atom. The van der Waals surface area contributed by atoms with E-state index in [1.807, 2.05) is 49.4 Å². The molecule has 0 bridgehead atoms. The molecule has 0 aliphatic heterocycles. The number of hydrogen-bond acceptors (Lipinski definition) is 3. The Hall–Kier alpha value is -2.81. The fourth-order valence-electron chi connectivity index (χ4n) is 2.60. The molecule has 0 radical (unpaired) electrons. The highest BCUT2D eigenvalue weighted by Gasteiger charge is 2.16. The zero-order valence-electron chi connectivity index (χ0n) is 11.4. The SMILES string of the molecule is Cc1ccc(-c2coc3c2c(=O)oc2ccccc23)cc1. The summed E-state index contributed by atoms with van der Waals surface area (Å²) in [5.74, 6) is 0. The minimum Gasteiger partial charge on any atom is -0.463 e. The molecule has 0 saturated carbocycles. The Bertz CT molecular complexity index is 1000. The summed E-state index contributed by atoms with van der Waals surface area (Å²) in [7, 11) is 0. The first kappa shape index (κ1) is 12.0. The van der Waals surface area contributed by atoms with Crippen molar-refractivity contribution in [1.29, 1.82) is 0 Å². The van der Waals surface area contributed by atoms with Crippen molar-refractivity contribution in [3.63, 3.8) is 0 Å². The van der Waals surface area contributed by atoms with Crippen LogP contribution >= 0.6 is 0 Å². The predicted octanol–water partition coefficient (Wildman–Crippen LogP) is 4.51. The molecule has 0 aliphatic rings. The van der Waals surface area contributed by atoms with E-state index in [-0.39, 0.29) is 5.63 Å². The Labute approximate surface area is 120 Å². The summed E-state index contributed by atoms with van der Waals surface area (Å²) in [5, 5.41) is 1.31. The third-order valence-corrected chi connectivity index (χ3v) is 3.69. The maximum absolute atomic E-state index is 12.3. The van der Waals surface area contributed by atoms with E-state index < -0.39 is 0 Å². The van der Waals surface area contributed by atoms with Gasteiger partial charge >= 0.3 is 5.63 Å². The molecule has 0 saturated heterocycles. The summed E-state index contributed by atoms with van der Waals surface area (Å²) in [6, 6.07) is 15.4. The van der Waals surface area contributed by atoms with Gasteiger partial charge < -0.3 is 8.83 Å². The highest BCUT2D eigenvalue weighted by Crippen LogP contribution is 2.32. The van der Waals surface area contributed by atoms with Crippen LogP contribution in [0.5, 0.6) is 0 Å². The monoisotopic (exact) mass is 276 g/mol. The molecule has 4 aromatic rings. The molecule has 0 N–H and O–H groups in total. The van der Waals surface area contributed by atoms with Crippen molar-refractivity contribution >= 4 is 21.9 Å². The number of para-hydroxylation sites is 1. The van der Waals surface area contributed by atoms with Gasteiger partial charge in [-0.15, -0.1) is 0 Å². The first-order valence-electron chi connectivity index (χ1n) is 6.74. The van der Waals surface area contributed by atoms with Gasteiger partial charge in [-0.2, -0.15) is 0 Å². The quantitative estimate of drug-likeness (QED) is 0.480. The van der Waals surface area contributed by atoms with Crippen LogP contribution in [-0.2, 0) is 0 Å². The van der Waals surface area contributed by atoms with Crippen LogP contribution in [0.25, 0.3) is 33.1 Å². The van der Waals surface area contributed by atoms with Crippen molar-refractivity contribution in [2.45, 2.75) is 6.92 Å². The Kier molecular flexibility index (Phi) is 2.48. The van der Waals surface area contributed by atoms with E-state index in [0.717, 1.165) is 16.5 Å². The maximum Gasteiger partial charge on any atom is 0.348 e. The molecular formula is C18H12O3. The van der Waals surface area contributed by atoms with Crippen LogP contribution in [0.1, 0.15) is 5.56 Å². The Morgan fingerprint density at radius 3 is 2.52 bits per heavy atom. The third-order valence-electron chi connectivity index (χ3n) is 3.69. The smallest absolute Gasteiger partial charge is 0.348 e. The van der Waals surface area contributed by atoms with E-state index in [1.54, 1.807) is 12.3 Å². The van der Waals surface area contributed by atoms with Gasteiger partial charge in [0, 0.05) is 5.56 Å². The first-order chi connectivity index (χ1) is 10.2. The van der Waals surface area contributed by atoms with Crippen LogP contribution in [-0.4, -0.2) is 0 Å². The van der Waals surface area contributed by atoms with Gasteiger partial charge in [-0.05, 0) is 24.6 Å². The molecule has 0 aliphatic carbocycles. The fraction of sp³-hybridized carbons (Fsp3) is 0.0556. The summed E-state index contributed by atoms with van der Waals surface area (Å²) < 4.78 is 11.1. The molecule has 3 nitrogen and oxygen atoms in total. The van der Waals surface area contributed by atoms with Crippen molar-refractivity contribution in [2.75, 3.05) is 0 Å². The second kappa shape index (κ2) is 4.35. The molecule has 3 heteroatoms.